The number of carbonyl (C=O) groups excluding carboxylic acids is 3. The minimum atomic E-state index is -1.67. The van der Waals surface area contributed by atoms with Gasteiger partial charge in [-0.3, -0.25) is 14.4 Å². The fourth-order valence-electron chi connectivity index (χ4n) is 9.26. The van der Waals surface area contributed by atoms with Crippen molar-refractivity contribution in [2.24, 2.45) is 11.8 Å². The summed E-state index contributed by atoms with van der Waals surface area (Å²) in [6, 6.07) is 35.0. The van der Waals surface area contributed by atoms with E-state index in [0.29, 0.717) is 56.4 Å². The Labute approximate surface area is 296 Å². The molecule has 4 atom stereocenters. The largest absolute Gasteiger partial charge is 0.478 e. The normalized spacial score (nSPS) is 24.9. The number of ketones is 1. The Bertz CT molecular complexity index is 2300. The molecule has 2 fully saturated rings. The quantitative estimate of drug-likeness (QED) is 0.213. The second-order valence-electron chi connectivity index (χ2n) is 13.4. The van der Waals surface area contributed by atoms with Crippen LogP contribution >= 0.6 is 0 Å². The predicted octanol–water partition coefficient (Wildman–Crippen LogP) is 6.03. The topological polar surface area (TPSA) is 129 Å². The van der Waals surface area contributed by atoms with E-state index in [1.165, 1.54) is 18.2 Å². The molecule has 0 unspecified atom stereocenters. The lowest BCUT2D eigenvalue weighted by atomic mass is 9.59. The van der Waals surface area contributed by atoms with Crippen molar-refractivity contribution < 1.29 is 43.2 Å². The first-order chi connectivity index (χ1) is 25.4. The van der Waals surface area contributed by atoms with Crippen LogP contribution in [0.4, 0.5) is 5.69 Å². The number of hydrogen-bond donors (Lipinski definition) is 1. The zero-order chi connectivity index (χ0) is 35.4. The number of allylic oxidation sites excluding steroid dienone is 2. The monoisotopic (exact) mass is 689 g/mol. The van der Waals surface area contributed by atoms with Gasteiger partial charge in [-0.25, -0.2) is 9.69 Å². The number of amides is 2. The predicted molar refractivity (Wildman–Crippen MR) is 186 cm³/mol. The fourth-order valence-corrected chi connectivity index (χ4v) is 9.26. The molecule has 2 amide bonds. The Balaban J connectivity index is 1.35. The van der Waals surface area contributed by atoms with Crippen LogP contribution < -0.4 is 23.8 Å². The molecular formula is C42H27NO9. The van der Waals surface area contributed by atoms with E-state index in [9.17, 15) is 9.90 Å². The number of Topliss-reactive ketones (excluding diaryl/α,β-unsaturated/α-hetero) is 1. The molecule has 10 nitrogen and oxygen atoms in total. The standard InChI is InChI=1S/C42H27NO9/c44-37-35-36(38(45)43(37)28-13-7-8-25(18-28)39(46)47)42(27-11-5-2-6-12-27)34(24-15-17-30-32(20-24)52-22-50-30)33(23-14-16-29-31(19-23)51-21-49-29)41(35,40(42)48)26-9-3-1-4-10-26/h1-20,35-36H,21-22H2,(H,46,47)/t35-,36+,41-,42+. The third kappa shape index (κ3) is 3.67. The van der Waals surface area contributed by atoms with Gasteiger partial charge in [-0.05, 0) is 75.9 Å². The Kier molecular flexibility index (Phi) is 6.19. The number of imide groups is 1. The van der Waals surface area contributed by atoms with Gasteiger partial charge in [0.05, 0.1) is 33.9 Å². The molecule has 5 aromatic carbocycles. The van der Waals surface area contributed by atoms with Crippen LogP contribution in [0.1, 0.15) is 32.6 Å². The maximum absolute atomic E-state index is 16.2. The van der Waals surface area contributed by atoms with Crippen molar-refractivity contribution in [2.75, 3.05) is 18.5 Å². The SMILES string of the molecule is O=C(O)c1cccc(N2C(=O)[C@@H]3[C@H](C2=O)[C@]2(c4ccccc4)C(=O)[C@@]3(c3ccccc3)C(c3ccc4c(c3)OCO4)=C2c2ccc3c(c2)OCO3)c1. The van der Waals surface area contributed by atoms with Crippen molar-refractivity contribution in [2.45, 2.75) is 10.8 Å². The molecule has 254 valence electrons. The smallest absolute Gasteiger partial charge is 0.335 e. The number of aromatic carboxylic acids is 1. The second kappa shape index (κ2) is 10.7. The van der Waals surface area contributed by atoms with Crippen LogP contribution in [0.3, 0.4) is 0 Å². The Morgan fingerprint density at radius 3 is 1.54 bits per heavy atom. The number of carboxylic acids is 1. The van der Waals surface area contributed by atoms with E-state index >= 15 is 14.4 Å². The van der Waals surface area contributed by atoms with Crippen molar-refractivity contribution in [3.8, 4) is 23.0 Å². The number of hydrogen-bond acceptors (Lipinski definition) is 8. The van der Waals surface area contributed by atoms with Gasteiger partial charge >= 0.3 is 5.97 Å². The molecule has 10 rings (SSSR count). The van der Waals surface area contributed by atoms with Gasteiger partial charge in [0.1, 0.15) is 0 Å². The molecule has 52 heavy (non-hydrogen) atoms. The second-order valence-corrected chi connectivity index (χ2v) is 13.4. The molecule has 5 aromatic rings. The van der Waals surface area contributed by atoms with Crippen LogP contribution in [0.25, 0.3) is 11.1 Å². The first-order valence-corrected chi connectivity index (χ1v) is 16.8. The van der Waals surface area contributed by atoms with Gasteiger partial charge in [-0.15, -0.1) is 0 Å². The summed E-state index contributed by atoms with van der Waals surface area (Å²) in [5.74, 6) is -2.99. The summed E-state index contributed by atoms with van der Waals surface area (Å²) in [5, 5.41) is 9.83. The Morgan fingerprint density at radius 2 is 1.06 bits per heavy atom. The van der Waals surface area contributed by atoms with Crippen LogP contribution in [0, 0.1) is 11.8 Å². The van der Waals surface area contributed by atoms with Crippen LogP contribution in [0.2, 0.25) is 0 Å². The van der Waals surface area contributed by atoms with Crippen molar-refractivity contribution in [3.63, 3.8) is 0 Å². The molecule has 0 aromatic heterocycles. The fraction of sp³-hybridized carbons (Fsp3) is 0.143. The van der Waals surface area contributed by atoms with Crippen LogP contribution in [0.15, 0.2) is 121 Å². The van der Waals surface area contributed by atoms with E-state index in [4.69, 9.17) is 18.9 Å². The van der Waals surface area contributed by atoms with Crippen LogP contribution in [-0.4, -0.2) is 42.3 Å². The number of benzene rings is 5. The number of ether oxygens (including phenoxy) is 4. The summed E-state index contributed by atoms with van der Waals surface area (Å²) in [6.07, 6.45) is 0. The van der Waals surface area contributed by atoms with Gasteiger partial charge in [-0.1, -0.05) is 78.9 Å². The molecule has 10 heteroatoms. The third-order valence-corrected chi connectivity index (χ3v) is 11.1. The molecule has 1 saturated carbocycles. The Hall–Kier alpha value is -6.68. The molecule has 3 aliphatic heterocycles. The van der Waals surface area contributed by atoms with Gasteiger partial charge in [-0.2, -0.15) is 0 Å². The van der Waals surface area contributed by atoms with Gasteiger partial charge in [0.2, 0.25) is 25.4 Å². The van der Waals surface area contributed by atoms with Crippen LogP contribution in [0.5, 0.6) is 23.0 Å². The summed E-state index contributed by atoms with van der Waals surface area (Å²) in [7, 11) is 0. The van der Waals surface area contributed by atoms with Crippen molar-refractivity contribution in [1.82, 2.24) is 0 Å². The summed E-state index contributed by atoms with van der Waals surface area (Å²) < 4.78 is 23.0. The summed E-state index contributed by atoms with van der Waals surface area (Å²) in [5.41, 5.74) is 0.175. The highest BCUT2D eigenvalue weighted by Crippen LogP contribution is 2.74. The average molecular weight is 690 g/mol. The zero-order valence-corrected chi connectivity index (χ0v) is 27.3. The maximum atomic E-state index is 16.2. The molecule has 2 aliphatic carbocycles. The Morgan fingerprint density at radius 1 is 0.577 bits per heavy atom. The highest BCUT2D eigenvalue weighted by molar-refractivity contribution is 6.39. The lowest BCUT2D eigenvalue weighted by molar-refractivity contribution is -0.130. The van der Waals surface area contributed by atoms with Crippen molar-refractivity contribution in [3.05, 3.63) is 149 Å². The van der Waals surface area contributed by atoms with E-state index in [1.807, 2.05) is 84.9 Å². The molecule has 3 heterocycles. The number of anilines is 1. The van der Waals surface area contributed by atoms with Gasteiger partial charge in [0, 0.05) is 0 Å². The maximum Gasteiger partial charge on any atom is 0.335 e. The lowest BCUT2D eigenvalue weighted by Crippen LogP contribution is -2.45. The number of carboxylic acid groups (broad SMARTS) is 1. The first-order valence-electron chi connectivity index (χ1n) is 16.8. The molecule has 1 N–H and O–H groups in total. The summed E-state index contributed by atoms with van der Waals surface area (Å²) >= 11 is 0. The first kappa shape index (κ1) is 30.2. The molecular weight excluding hydrogens is 662 g/mol. The minimum absolute atomic E-state index is 0.0334. The highest BCUT2D eigenvalue weighted by atomic mass is 16.7. The number of nitrogens with zero attached hydrogens (tertiary/aromatic N) is 1. The van der Waals surface area contributed by atoms with Crippen LogP contribution in [-0.2, 0) is 25.2 Å². The number of fused-ring (bicyclic) bond motifs is 7. The van der Waals surface area contributed by atoms with E-state index in [1.54, 1.807) is 18.2 Å². The van der Waals surface area contributed by atoms with Gasteiger partial charge in [0.25, 0.3) is 0 Å². The molecule has 1 saturated heterocycles. The molecule has 5 aliphatic rings. The highest BCUT2D eigenvalue weighted by Gasteiger charge is 2.82. The summed E-state index contributed by atoms with van der Waals surface area (Å²) in [6.45, 7) is 0.0667. The average Bonchev–Trinajstić information content (AvgIpc) is 3.98. The lowest BCUT2D eigenvalue weighted by Gasteiger charge is -2.39. The third-order valence-electron chi connectivity index (χ3n) is 11.1. The number of carbonyl (C=O) groups is 4. The molecule has 2 bridgehead atoms. The van der Waals surface area contributed by atoms with E-state index in [2.05, 4.69) is 0 Å². The number of rotatable bonds is 6. The summed E-state index contributed by atoms with van der Waals surface area (Å²) in [4.78, 5) is 59.8. The van der Waals surface area contributed by atoms with Crippen molar-refractivity contribution >= 4 is 40.4 Å². The van der Waals surface area contributed by atoms with Gasteiger partial charge < -0.3 is 24.1 Å². The minimum Gasteiger partial charge on any atom is -0.478 e. The zero-order valence-electron chi connectivity index (χ0n) is 27.3. The van der Waals surface area contributed by atoms with Gasteiger partial charge in [0.15, 0.2) is 28.8 Å². The van der Waals surface area contributed by atoms with Crippen molar-refractivity contribution in [1.29, 1.82) is 0 Å². The van der Waals surface area contributed by atoms with E-state index < -0.39 is 40.4 Å². The van der Waals surface area contributed by atoms with E-state index in [-0.39, 0.29) is 30.6 Å². The molecule has 0 radical (unpaired) electrons. The molecule has 0 spiro atoms. The van der Waals surface area contributed by atoms with E-state index in [0.717, 1.165) is 4.90 Å².